The minimum absolute atomic E-state index is 0.807. The van der Waals surface area contributed by atoms with Crippen molar-refractivity contribution in [2.75, 3.05) is 6.54 Å². The van der Waals surface area contributed by atoms with Gasteiger partial charge in [-0.1, -0.05) is 24.3 Å². The van der Waals surface area contributed by atoms with Crippen LogP contribution >= 0.6 is 0 Å². The van der Waals surface area contributed by atoms with Gasteiger partial charge in [-0.25, -0.2) is 4.98 Å². The summed E-state index contributed by atoms with van der Waals surface area (Å²) >= 11 is 0. The highest BCUT2D eigenvalue weighted by Gasteiger charge is 2.02. The van der Waals surface area contributed by atoms with Gasteiger partial charge >= 0.3 is 0 Å². The molecule has 0 aliphatic heterocycles. The standard InChI is InChI=1S/C15H17N5/c1-20-11-18-15(19-20)6-7-16-9-13-10-17-8-12-4-2-3-5-14(12)13/h2-5,8,10-11,16H,6-7,9H2,1H3. The van der Waals surface area contributed by atoms with Crippen LogP contribution in [0.4, 0.5) is 0 Å². The van der Waals surface area contributed by atoms with Crippen LogP contribution in [0.3, 0.4) is 0 Å². The molecule has 1 aromatic carbocycles. The molecule has 0 atom stereocenters. The first-order valence-electron chi connectivity index (χ1n) is 6.70. The van der Waals surface area contributed by atoms with E-state index < -0.39 is 0 Å². The summed E-state index contributed by atoms with van der Waals surface area (Å²) in [6.07, 6.45) is 6.38. The second-order valence-electron chi connectivity index (χ2n) is 4.78. The molecule has 0 saturated heterocycles. The smallest absolute Gasteiger partial charge is 0.151 e. The predicted octanol–water partition coefficient (Wildman–Crippen LogP) is 1.70. The fourth-order valence-corrected chi connectivity index (χ4v) is 2.24. The number of aromatic nitrogens is 4. The highest BCUT2D eigenvalue weighted by atomic mass is 15.3. The summed E-state index contributed by atoms with van der Waals surface area (Å²) in [5, 5.41) is 10.1. The maximum atomic E-state index is 4.29. The lowest BCUT2D eigenvalue weighted by Crippen LogP contribution is -2.17. The lowest BCUT2D eigenvalue weighted by atomic mass is 10.1. The molecule has 0 radical (unpaired) electrons. The summed E-state index contributed by atoms with van der Waals surface area (Å²) in [7, 11) is 1.88. The van der Waals surface area contributed by atoms with Gasteiger partial charge in [-0.15, -0.1) is 0 Å². The highest BCUT2D eigenvalue weighted by Crippen LogP contribution is 2.16. The summed E-state index contributed by atoms with van der Waals surface area (Å²) in [5.74, 6) is 0.871. The first-order valence-corrected chi connectivity index (χ1v) is 6.70. The fourth-order valence-electron chi connectivity index (χ4n) is 2.24. The molecule has 2 aromatic heterocycles. The molecule has 5 heteroatoms. The SMILES string of the molecule is Cn1cnc(CCNCc2cncc3ccccc23)n1. The van der Waals surface area contributed by atoms with Gasteiger partial charge in [-0.3, -0.25) is 9.67 Å². The zero-order valence-electron chi connectivity index (χ0n) is 11.5. The molecule has 0 fully saturated rings. The van der Waals surface area contributed by atoms with Crippen molar-refractivity contribution in [3.63, 3.8) is 0 Å². The number of hydrogen-bond donors (Lipinski definition) is 1. The molecule has 2 heterocycles. The average molecular weight is 267 g/mol. The molecule has 0 aliphatic rings. The van der Waals surface area contributed by atoms with Crippen molar-refractivity contribution in [1.29, 1.82) is 0 Å². The number of benzene rings is 1. The molecule has 0 saturated carbocycles. The molecule has 5 nitrogen and oxygen atoms in total. The van der Waals surface area contributed by atoms with Gasteiger partial charge in [0, 0.05) is 44.3 Å². The summed E-state index contributed by atoms with van der Waals surface area (Å²) < 4.78 is 1.73. The van der Waals surface area contributed by atoms with Gasteiger partial charge in [0.25, 0.3) is 0 Å². The maximum Gasteiger partial charge on any atom is 0.151 e. The Morgan fingerprint density at radius 1 is 1.20 bits per heavy atom. The van der Waals surface area contributed by atoms with Crippen molar-refractivity contribution in [2.45, 2.75) is 13.0 Å². The number of nitrogens with zero attached hydrogens (tertiary/aromatic N) is 4. The minimum atomic E-state index is 0.807. The summed E-state index contributed by atoms with van der Waals surface area (Å²) in [5.41, 5.74) is 1.22. The van der Waals surface area contributed by atoms with E-state index in [1.807, 2.05) is 25.5 Å². The Kier molecular flexibility index (Phi) is 3.69. The monoisotopic (exact) mass is 267 g/mol. The third-order valence-electron chi connectivity index (χ3n) is 3.24. The Morgan fingerprint density at radius 2 is 2.10 bits per heavy atom. The third-order valence-corrected chi connectivity index (χ3v) is 3.24. The van der Waals surface area contributed by atoms with E-state index in [1.165, 1.54) is 16.3 Å². The van der Waals surface area contributed by atoms with Gasteiger partial charge in [0.1, 0.15) is 6.33 Å². The second-order valence-corrected chi connectivity index (χ2v) is 4.78. The average Bonchev–Trinajstić information content (AvgIpc) is 2.89. The number of rotatable bonds is 5. The van der Waals surface area contributed by atoms with E-state index in [1.54, 1.807) is 11.0 Å². The molecule has 20 heavy (non-hydrogen) atoms. The zero-order chi connectivity index (χ0) is 13.8. The van der Waals surface area contributed by atoms with Crippen molar-refractivity contribution < 1.29 is 0 Å². The summed E-state index contributed by atoms with van der Waals surface area (Å²) in [6.45, 7) is 1.66. The van der Waals surface area contributed by atoms with Crippen molar-refractivity contribution in [3.05, 3.63) is 54.4 Å². The van der Waals surface area contributed by atoms with E-state index in [-0.39, 0.29) is 0 Å². The van der Waals surface area contributed by atoms with Crippen LogP contribution in [-0.2, 0) is 20.0 Å². The van der Waals surface area contributed by atoms with E-state index in [2.05, 4.69) is 38.6 Å². The van der Waals surface area contributed by atoms with Gasteiger partial charge in [-0.05, 0) is 10.9 Å². The van der Waals surface area contributed by atoms with Gasteiger partial charge in [-0.2, -0.15) is 5.10 Å². The van der Waals surface area contributed by atoms with Gasteiger partial charge in [0.2, 0.25) is 0 Å². The lowest BCUT2D eigenvalue weighted by Gasteiger charge is -2.06. The summed E-state index contributed by atoms with van der Waals surface area (Å²) in [4.78, 5) is 8.49. The quantitative estimate of drug-likeness (QED) is 0.715. The molecule has 0 spiro atoms. The molecular weight excluding hydrogens is 250 g/mol. The van der Waals surface area contributed by atoms with Crippen molar-refractivity contribution >= 4 is 10.8 Å². The molecular formula is C15H17N5. The Balaban J connectivity index is 1.60. The van der Waals surface area contributed by atoms with Crippen LogP contribution in [-0.4, -0.2) is 26.3 Å². The van der Waals surface area contributed by atoms with Crippen molar-refractivity contribution in [3.8, 4) is 0 Å². The molecule has 0 bridgehead atoms. The number of nitrogens with one attached hydrogen (secondary N) is 1. The fraction of sp³-hybridized carbons (Fsp3) is 0.267. The van der Waals surface area contributed by atoms with Crippen molar-refractivity contribution in [1.82, 2.24) is 25.1 Å². The molecule has 1 N–H and O–H groups in total. The lowest BCUT2D eigenvalue weighted by molar-refractivity contribution is 0.662. The zero-order valence-corrected chi connectivity index (χ0v) is 11.5. The molecule has 3 rings (SSSR count). The first-order chi connectivity index (χ1) is 9.83. The minimum Gasteiger partial charge on any atom is -0.312 e. The molecule has 0 unspecified atom stereocenters. The second kappa shape index (κ2) is 5.79. The van der Waals surface area contributed by atoms with E-state index >= 15 is 0 Å². The van der Waals surface area contributed by atoms with Crippen LogP contribution < -0.4 is 5.32 Å². The largest absolute Gasteiger partial charge is 0.312 e. The number of fused-ring (bicyclic) bond motifs is 1. The first kappa shape index (κ1) is 12.7. The topological polar surface area (TPSA) is 55.6 Å². The van der Waals surface area contributed by atoms with E-state index in [4.69, 9.17) is 0 Å². The van der Waals surface area contributed by atoms with Gasteiger partial charge in [0.15, 0.2) is 5.82 Å². The Hall–Kier alpha value is -2.27. The third kappa shape index (κ3) is 2.83. The van der Waals surface area contributed by atoms with Crippen LogP contribution in [0.2, 0.25) is 0 Å². The van der Waals surface area contributed by atoms with Crippen LogP contribution in [0.1, 0.15) is 11.4 Å². The van der Waals surface area contributed by atoms with Crippen LogP contribution in [0.15, 0.2) is 43.0 Å². The predicted molar refractivity (Wildman–Crippen MR) is 78.2 cm³/mol. The van der Waals surface area contributed by atoms with E-state index in [9.17, 15) is 0 Å². The van der Waals surface area contributed by atoms with E-state index in [0.717, 1.165) is 25.3 Å². The number of pyridine rings is 1. The Labute approximate surface area is 117 Å². The highest BCUT2D eigenvalue weighted by molar-refractivity contribution is 5.84. The number of hydrogen-bond acceptors (Lipinski definition) is 4. The van der Waals surface area contributed by atoms with E-state index in [0.29, 0.717) is 0 Å². The number of aryl methyl sites for hydroxylation is 1. The van der Waals surface area contributed by atoms with Crippen LogP contribution in [0.25, 0.3) is 10.8 Å². The van der Waals surface area contributed by atoms with Crippen molar-refractivity contribution in [2.24, 2.45) is 7.05 Å². The Morgan fingerprint density at radius 3 is 2.95 bits per heavy atom. The molecule has 102 valence electrons. The van der Waals surface area contributed by atoms with Crippen LogP contribution in [0.5, 0.6) is 0 Å². The Bertz CT molecular complexity index is 699. The molecule has 0 aliphatic carbocycles. The van der Waals surface area contributed by atoms with Gasteiger partial charge in [0.05, 0.1) is 0 Å². The van der Waals surface area contributed by atoms with Gasteiger partial charge < -0.3 is 5.32 Å². The summed E-state index contributed by atoms with van der Waals surface area (Å²) in [6, 6.07) is 8.32. The van der Waals surface area contributed by atoms with Crippen LogP contribution in [0, 0.1) is 0 Å². The maximum absolute atomic E-state index is 4.29. The molecule has 3 aromatic rings. The molecule has 0 amide bonds. The normalized spacial score (nSPS) is 11.1.